The number of hydrogen-bond donors (Lipinski definition) is 1. The van der Waals surface area contributed by atoms with Crippen molar-refractivity contribution in [3.05, 3.63) is 5.82 Å². The lowest BCUT2D eigenvalue weighted by Crippen LogP contribution is -2.42. The lowest BCUT2D eigenvalue weighted by atomic mass is 10.1. The standard InChI is InChI=1S/C11H22N6/c1-2-3-7-17-11(13-14-15-17)9-16-6-4-5-10(12)8-16/h10H,2-9,12H2,1H3. The summed E-state index contributed by atoms with van der Waals surface area (Å²) in [4.78, 5) is 2.35. The van der Waals surface area contributed by atoms with E-state index in [0.29, 0.717) is 6.04 Å². The van der Waals surface area contributed by atoms with Crippen LogP contribution in [0, 0.1) is 0 Å². The molecule has 2 heterocycles. The van der Waals surface area contributed by atoms with Gasteiger partial charge in [0.1, 0.15) is 0 Å². The van der Waals surface area contributed by atoms with Gasteiger partial charge < -0.3 is 5.73 Å². The first-order valence-electron chi connectivity index (χ1n) is 6.52. The van der Waals surface area contributed by atoms with Crippen LogP contribution in [-0.4, -0.2) is 44.2 Å². The van der Waals surface area contributed by atoms with Crippen molar-refractivity contribution in [2.45, 2.75) is 51.7 Å². The number of unbranched alkanes of at least 4 members (excludes halogenated alkanes) is 1. The Morgan fingerprint density at radius 3 is 3.12 bits per heavy atom. The van der Waals surface area contributed by atoms with Gasteiger partial charge >= 0.3 is 0 Å². The summed E-state index contributed by atoms with van der Waals surface area (Å²) >= 11 is 0. The first-order chi connectivity index (χ1) is 8.29. The smallest absolute Gasteiger partial charge is 0.165 e. The van der Waals surface area contributed by atoms with Gasteiger partial charge in [0.2, 0.25) is 0 Å². The van der Waals surface area contributed by atoms with Crippen molar-refractivity contribution >= 4 is 0 Å². The fraction of sp³-hybridized carbons (Fsp3) is 0.909. The first kappa shape index (κ1) is 12.4. The summed E-state index contributed by atoms with van der Waals surface area (Å²) in [5.41, 5.74) is 5.97. The Bertz CT molecular complexity index is 336. The summed E-state index contributed by atoms with van der Waals surface area (Å²) in [7, 11) is 0. The highest BCUT2D eigenvalue weighted by molar-refractivity contribution is 4.84. The molecule has 0 radical (unpaired) electrons. The minimum absolute atomic E-state index is 0.309. The molecule has 1 unspecified atom stereocenters. The maximum Gasteiger partial charge on any atom is 0.165 e. The fourth-order valence-electron chi connectivity index (χ4n) is 2.25. The minimum Gasteiger partial charge on any atom is -0.327 e. The van der Waals surface area contributed by atoms with Crippen LogP contribution in [0.2, 0.25) is 0 Å². The number of tetrazole rings is 1. The molecule has 96 valence electrons. The molecule has 17 heavy (non-hydrogen) atoms. The minimum atomic E-state index is 0.309. The lowest BCUT2D eigenvalue weighted by molar-refractivity contribution is 0.193. The average Bonchev–Trinajstić information content (AvgIpc) is 2.74. The zero-order valence-corrected chi connectivity index (χ0v) is 10.5. The molecule has 1 saturated heterocycles. The zero-order chi connectivity index (χ0) is 12.1. The third-order valence-electron chi connectivity index (χ3n) is 3.24. The largest absolute Gasteiger partial charge is 0.327 e. The van der Waals surface area contributed by atoms with Crippen LogP contribution in [0.4, 0.5) is 0 Å². The molecule has 1 aliphatic heterocycles. The predicted molar refractivity (Wildman–Crippen MR) is 65.2 cm³/mol. The SMILES string of the molecule is CCCCn1nnnc1CN1CCCC(N)C1. The number of aryl methyl sites for hydroxylation is 1. The number of hydrogen-bond acceptors (Lipinski definition) is 5. The summed E-state index contributed by atoms with van der Waals surface area (Å²) in [6.45, 7) is 5.98. The van der Waals surface area contributed by atoms with Crippen LogP contribution >= 0.6 is 0 Å². The molecule has 1 aliphatic rings. The highest BCUT2D eigenvalue weighted by Crippen LogP contribution is 2.11. The van der Waals surface area contributed by atoms with E-state index in [1.807, 2.05) is 4.68 Å². The van der Waals surface area contributed by atoms with Crippen molar-refractivity contribution in [1.82, 2.24) is 25.1 Å². The molecule has 0 bridgehead atoms. The Labute approximate surface area is 102 Å². The molecule has 1 atom stereocenters. The quantitative estimate of drug-likeness (QED) is 0.803. The van der Waals surface area contributed by atoms with Crippen LogP contribution in [-0.2, 0) is 13.1 Å². The summed E-state index contributed by atoms with van der Waals surface area (Å²) in [5, 5.41) is 11.9. The van der Waals surface area contributed by atoms with E-state index >= 15 is 0 Å². The van der Waals surface area contributed by atoms with E-state index in [4.69, 9.17) is 5.73 Å². The molecule has 0 spiro atoms. The molecular formula is C11H22N6. The van der Waals surface area contributed by atoms with Gasteiger partial charge in [-0.3, -0.25) is 4.90 Å². The highest BCUT2D eigenvalue weighted by atomic mass is 15.5. The molecule has 1 fully saturated rings. The van der Waals surface area contributed by atoms with Crippen molar-refractivity contribution in [2.75, 3.05) is 13.1 Å². The van der Waals surface area contributed by atoms with Gasteiger partial charge in [-0.2, -0.15) is 0 Å². The number of nitrogens with two attached hydrogens (primary N) is 1. The van der Waals surface area contributed by atoms with E-state index < -0.39 is 0 Å². The van der Waals surface area contributed by atoms with Crippen LogP contribution in [0.3, 0.4) is 0 Å². The summed E-state index contributed by atoms with van der Waals surface area (Å²) < 4.78 is 1.92. The molecule has 0 saturated carbocycles. The molecule has 0 aromatic carbocycles. The molecule has 2 rings (SSSR count). The van der Waals surface area contributed by atoms with Crippen molar-refractivity contribution in [3.8, 4) is 0 Å². The van der Waals surface area contributed by atoms with E-state index in [1.165, 1.54) is 6.42 Å². The van der Waals surface area contributed by atoms with E-state index in [9.17, 15) is 0 Å². The second-order valence-electron chi connectivity index (χ2n) is 4.81. The molecule has 6 heteroatoms. The summed E-state index contributed by atoms with van der Waals surface area (Å²) in [6.07, 6.45) is 4.60. The van der Waals surface area contributed by atoms with Gasteiger partial charge in [-0.15, -0.1) is 5.10 Å². The second kappa shape index (κ2) is 6.07. The number of aromatic nitrogens is 4. The first-order valence-corrected chi connectivity index (χ1v) is 6.52. The Morgan fingerprint density at radius 2 is 2.35 bits per heavy atom. The van der Waals surface area contributed by atoms with Gasteiger partial charge in [-0.1, -0.05) is 13.3 Å². The van der Waals surface area contributed by atoms with Crippen LogP contribution in [0.25, 0.3) is 0 Å². The van der Waals surface area contributed by atoms with E-state index in [1.54, 1.807) is 0 Å². The molecule has 0 aliphatic carbocycles. The number of rotatable bonds is 5. The van der Waals surface area contributed by atoms with Crippen molar-refractivity contribution in [2.24, 2.45) is 5.73 Å². The third-order valence-corrected chi connectivity index (χ3v) is 3.24. The van der Waals surface area contributed by atoms with E-state index in [2.05, 4.69) is 27.3 Å². The lowest BCUT2D eigenvalue weighted by Gasteiger charge is -2.29. The highest BCUT2D eigenvalue weighted by Gasteiger charge is 2.18. The van der Waals surface area contributed by atoms with Gasteiger partial charge in [0.15, 0.2) is 5.82 Å². The Hall–Kier alpha value is -1.01. The van der Waals surface area contributed by atoms with Crippen LogP contribution in [0.1, 0.15) is 38.4 Å². The van der Waals surface area contributed by atoms with E-state index in [-0.39, 0.29) is 0 Å². The van der Waals surface area contributed by atoms with Gasteiger partial charge in [0.05, 0.1) is 6.54 Å². The summed E-state index contributed by atoms with van der Waals surface area (Å²) in [5.74, 6) is 0.965. The van der Waals surface area contributed by atoms with Crippen LogP contribution in [0.5, 0.6) is 0 Å². The second-order valence-corrected chi connectivity index (χ2v) is 4.81. The number of piperidine rings is 1. The molecule has 1 aromatic rings. The van der Waals surface area contributed by atoms with Gasteiger partial charge in [-0.05, 0) is 36.2 Å². The number of nitrogens with zero attached hydrogens (tertiary/aromatic N) is 5. The van der Waals surface area contributed by atoms with Crippen molar-refractivity contribution in [1.29, 1.82) is 0 Å². The predicted octanol–water partition coefficient (Wildman–Crippen LogP) is 0.396. The molecule has 1 aromatic heterocycles. The van der Waals surface area contributed by atoms with Gasteiger partial charge in [-0.25, -0.2) is 4.68 Å². The number of likely N-dealkylation sites (tertiary alicyclic amines) is 1. The molecular weight excluding hydrogens is 216 g/mol. The normalized spacial score (nSPS) is 21.9. The summed E-state index contributed by atoms with van der Waals surface area (Å²) in [6, 6.07) is 0.309. The van der Waals surface area contributed by atoms with Crippen molar-refractivity contribution < 1.29 is 0 Å². The maximum absolute atomic E-state index is 5.97. The maximum atomic E-state index is 5.97. The molecule has 0 amide bonds. The fourth-order valence-corrected chi connectivity index (χ4v) is 2.25. The third kappa shape index (κ3) is 3.47. The molecule has 2 N–H and O–H groups in total. The zero-order valence-electron chi connectivity index (χ0n) is 10.5. The van der Waals surface area contributed by atoms with Crippen LogP contribution in [0.15, 0.2) is 0 Å². The average molecular weight is 238 g/mol. The Balaban J connectivity index is 1.91. The van der Waals surface area contributed by atoms with Crippen LogP contribution < -0.4 is 5.73 Å². The monoisotopic (exact) mass is 238 g/mol. The molecule has 6 nitrogen and oxygen atoms in total. The Kier molecular flexibility index (Phi) is 4.44. The Morgan fingerprint density at radius 1 is 1.47 bits per heavy atom. The van der Waals surface area contributed by atoms with Crippen molar-refractivity contribution in [3.63, 3.8) is 0 Å². The van der Waals surface area contributed by atoms with Gasteiger partial charge in [0.25, 0.3) is 0 Å². The van der Waals surface area contributed by atoms with E-state index in [0.717, 1.165) is 51.3 Å². The topological polar surface area (TPSA) is 72.9 Å². The van der Waals surface area contributed by atoms with Gasteiger partial charge in [0, 0.05) is 19.1 Å².